The number of nitrogens with one attached hydrogen (secondary N) is 1. The summed E-state index contributed by atoms with van der Waals surface area (Å²) in [5, 5.41) is 14.3. The van der Waals surface area contributed by atoms with E-state index in [9.17, 15) is 4.79 Å². The maximum Gasteiger partial charge on any atom is 0.220 e. The van der Waals surface area contributed by atoms with Gasteiger partial charge in [-0.05, 0) is 52.4 Å². The van der Waals surface area contributed by atoms with Gasteiger partial charge in [-0.25, -0.2) is 9.67 Å². The number of nitrogens with zero attached hydrogens (tertiary/aromatic N) is 4. The normalized spacial score (nSPS) is 26.3. The Balaban J connectivity index is 1.48. The number of primary amides is 1. The van der Waals surface area contributed by atoms with Gasteiger partial charge in [-0.3, -0.25) is 4.79 Å². The van der Waals surface area contributed by atoms with Crippen molar-refractivity contribution in [3.63, 3.8) is 0 Å². The second-order valence-corrected chi connectivity index (χ2v) is 9.79. The van der Waals surface area contributed by atoms with Gasteiger partial charge in [0.15, 0.2) is 5.65 Å². The molecular formula is C24H34N6O2. The lowest BCUT2D eigenvalue weighted by molar-refractivity contribution is -0.125. The van der Waals surface area contributed by atoms with E-state index in [1.54, 1.807) is 0 Å². The van der Waals surface area contributed by atoms with E-state index in [4.69, 9.17) is 20.7 Å². The molecule has 8 nitrogen and oxygen atoms in total. The van der Waals surface area contributed by atoms with Crippen LogP contribution >= 0.6 is 0 Å². The number of oxime groups is 1. The van der Waals surface area contributed by atoms with Crippen molar-refractivity contribution >= 4 is 28.3 Å². The first kappa shape index (κ1) is 21.2. The molecule has 2 fully saturated rings. The number of fused-ring (bicyclic) bond motifs is 1. The van der Waals surface area contributed by atoms with Crippen molar-refractivity contribution in [1.29, 1.82) is 0 Å². The van der Waals surface area contributed by atoms with Crippen LogP contribution in [-0.2, 0) is 16.2 Å². The highest BCUT2D eigenvalue weighted by molar-refractivity contribution is 6.11. The molecule has 1 spiro atoms. The molecule has 0 atom stereocenters. The fraction of sp³-hybridized carbons (Fsp3) is 0.667. The maximum absolute atomic E-state index is 11.6. The van der Waals surface area contributed by atoms with Crippen LogP contribution in [0.5, 0.6) is 0 Å². The molecule has 32 heavy (non-hydrogen) atoms. The molecule has 0 saturated heterocycles. The number of aromatic nitrogens is 3. The van der Waals surface area contributed by atoms with Crippen LogP contribution in [0, 0.1) is 12.8 Å². The first-order chi connectivity index (χ1) is 15.5. The van der Waals surface area contributed by atoms with Crippen LogP contribution in [0.4, 0.5) is 5.69 Å². The number of hydrogen-bond acceptors (Lipinski definition) is 6. The molecule has 2 saturated carbocycles. The Morgan fingerprint density at radius 2 is 2.00 bits per heavy atom. The zero-order chi connectivity index (χ0) is 22.3. The number of hydrogen-bond donors (Lipinski definition) is 2. The highest BCUT2D eigenvalue weighted by atomic mass is 16.7. The molecule has 3 N–H and O–H groups in total. The van der Waals surface area contributed by atoms with Crippen LogP contribution < -0.4 is 11.1 Å². The summed E-state index contributed by atoms with van der Waals surface area (Å²) in [4.78, 5) is 22.4. The molecule has 172 valence electrons. The number of carbonyl (C=O) groups is 1. The molecule has 3 aliphatic rings. The van der Waals surface area contributed by atoms with Gasteiger partial charge in [0.2, 0.25) is 5.91 Å². The standard InChI is InChI=1S/C24H34N6O2/c1-3-30-23-20(15(2)28-30)21(27-17-7-5-4-6-8-17)18(14-26-23)19-13-24(32-29-19)11-9-16(10-12-24)22(25)31/h14,16-17H,3-13H2,1-2H3,(H2,25,31)(H,26,27). The number of rotatable bonds is 5. The van der Waals surface area contributed by atoms with E-state index in [0.29, 0.717) is 6.04 Å². The van der Waals surface area contributed by atoms with Gasteiger partial charge in [0.25, 0.3) is 0 Å². The third kappa shape index (κ3) is 3.73. The van der Waals surface area contributed by atoms with Gasteiger partial charge in [0, 0.05) is 36.7 Å². The van der Waals surface area contributed by atoms with E-state index >= 15 is 0 Å². The van der Waals surface area contributed by atoms with Crippen molar-refractivity contribution in [2.75, 3.05) is 5.32 Å². The summed E-state index contributed by atoms with van der Waals surface area (Å²) in [6.07, 6.45) is 12.1. The largest absolute Gasteiger partial charge is 0.389 e. The van der Waals surface area contributed by atoms with E-state index in [2.05, 4.69) is 24.3 Å². The van der Waals surface area contributed by atoms with Gasteiger partial charge in [0.05, 0.1) is 22.5 Å². The smallest absolute Gasteiger partial charge is 0.220 e. The minimum absolute atomic E-state index is 0.0441. The molecule has 1 aliphatic heterocycles. The Morgan fingerprint density at radius 3 is 2.69 bits per heavy atom. The Kier molecular flexibility index (Phi) is 5.55. The highest BCUT2D eigenvalue weighted by Crippen LogP contribution is 2.43. The monoisotopic (exact) mass is 438 g/mol. The van der Waals surface area contributed by atoms with Crippen molar-refractivity contribution in [2.45, 2.75) is 96.2 Å². The number of carbonyl (C=O) groups excluding carboxylic acids is 1. The Bertz CT molecular complexity index is 1040. The fourth-order valence-electron chi connectivity index (χ4n) is 5.72. The maximum atomic E-state index is 11.6. The molecule has 0 radical (unpaired) electrons. The van der Waals surface area contributed by atoms with Gasteiger partial charge >= 0.3 is 0 Å². The molecule has 8 heteroatoms. The second kappa shape index (κ2) is 8.37. The van der Waals surface area contributed by atoms with Gasteiger partial charge in [-0.2, -0.15) is 5.10 Å². The van der Waals surface area contributed by atoms with Crippen molar-refractivity contribution in [2.24, 2.45) is 16.8 Å². The first-order valence-corrected chi connectivity index (χ1v) is 12.2. The summed E-state index contributed by atoms with van der Waals surface area (Å²) in [7, 11) is 0. The molecule has 5 rings (SSSR count). The molecule has 0 bridgehead atoms. The summed E-state index contributed by atoms with van der Waals surface area (Å²) in [5.74, 6) is -0.242. The Morgan fingerprint density at radius 1 is 1.25 bits per heavy atom. The zero-order valence-electron chi connectivity index (χ0n) is 19.2. The number of amides is 1. The predicted octanol–water partition coefficient (Wildman–Crippen LogP) is 4.04. The lowest BCUT2D eigenvalue weighted by Gasteiger charge is -2.33. The fourth-order valence-corrected chi connectivity index (χ4v) is 5.72. The summed E-state index contributed by atoms with van der Waals surface area (Å²) in [6.45, 7) is 4.94. The lowest BCUT2D eigenvalue weighted by Crippen LogP contribution is -2.38. The summed E-state index contributed by atoms with van der Waals surface area (Å²) in [5.41, 5.74) is 10.2. The highest BCUT2D eigenvalue weighted by Gasteiger charge is 2.44. The SMILES string of the molecule is CCn1nc(C)c2c(NC3CCCCC3)c(C3=NOC4(CCC(C(N)=O)CC4)C3)cnc21. The molecule has 2 aromatic heterocycles. The average molecular weight is 439 g/mol. The van der Waals surface area contributed by atoms with Crippen molar-refractivity contribution in [3.05, 3.63) is 17.5 Å². The van der Waals surface area contributed by atoms with Gasteiger partial charge < -0.3 is 15.9 Å². The van der Waals surface area contributed by atoms with E-state index in [0.717, 1.165) is 72.3 Å². The molecule has 2 aliphatic carbocycles. The predicted molar refractivity (Wildman–Crippen MR) is 125 cm³/mol. The minimum atomic E-state index is -0.318. The van der Waals surface area contributed by atoms with E-state index in [-0.39, 0.29) is 17.4 Å². The van der Waals surface area contributed by atoms with Gasteiger partial charge in [-0.1, -0.05) is 24.4 Å². The molecule has 0 aromatic carbocycles. The summed E-state index contributed by atoms with van der Waals surface area (Å²) in [6, 6.07) is 0.459. The van der Waals surface area contributed by atoms with Crippen molar-refractivity contribution in [1.82, 2.24) is 14.8 Å². The van der Waals surface area contributed by atoms with E-state index < -0.39 is 0 Å². The molecule has 2 aromatic rings. The minimum Gasteiger partial charge on any atom is -0.389 e. The Labute approximate surface area is 189 Å². The molecule has 3 heterocycles. The van der Waals surface area contributed by atoms with E-state index in [1.165, 1.54) is 32.1 Å². The van der Waals surface area contributed by atoms with Crippen LogP contribution in [-0.4, -0.2) is 38.0 Å². The van der Waals surface area contributed by atoms with Crippen molar-refractivity contribution < 1.29 is 9.63 Å². The van der Waals surface area contributed by atoms with Gasteiger partial charge in [0.1, 0.15) is 5.60 Å². The van der Waals surface area contributed by atoms with Crippen molar-refractivity contribution in [3.8, 4) is 0 Å². The summed E-state index contributed by atoms with van der Waals surface area (Å²) >= 11 is 0. The number of aryl methyl sites for hydroxylation is 2. The number of anilines is 1. The van der Waals surface area contributed by atoms with Crippen LogP contribution in [0.15, 0.2) is 11.4 Å². The zero-order valence-corrected chi connectivity index (χ0v) is 19.2. The first-order valence-electron chi connectivity index (χ1n) is 12.2. The van der Waals surface area contributed by atoms with Crippen LogP contribution in [0.25, 0.3) is 11.0 Å². The van der Waals surface area contributed by atoms with Crippen LogP contribution in [0.1, 0.15) is 82.4 Å². The number of nitrogens with two attached hydrogens (primary N) is 1. The van der Waals surface area contributed by atoms with Gasteiger partial charge in [-0.15, -0.1) is 0 Å². The molecule has 1 amide bonds. The number of pyridine rings is 1. The van der Waals surface area contributed by atoms with E-state index in [1.807, 2.05) is 10.9 Å². The van der Waals surface area contributed by atoms with Crippen LogP contribution in [0.2, 0.25) is 0 Å². The topological polar surface area (TPSA) is 107 Å². The average Bonchev–Trinajstić information content (AvgIpc) is 3.36. The summed E-state index contributed by atoms with van der Waals surface area (Å²) < 4.78 is 1.97. The molecule has 0 unspecified atom stereocenters. The van der Waals surface area contributed by atoms with Crippen LogP contribution in [0.3, 0.4) is 0 Å². The third-order valence-electron chi connectivity index (χ3n) is 7.64. The quantitative estimate of drug-likeness (QED) is 0.732. The Hall–Kier alpha value is -2.64. The lowest BCUT2D eigenvalue weighted by atomic mass is 9.76. The third-order valence-corrected chi connectivity index (χ3v) is 7.64. The second-order valence-electron chi connectivity index (χ2n) is 9.79. The molecular weight excluding hydrogens is 404 g/mol.